The van der Waals surface area contributed by atoms with E-state index in [9.17, 15) is 0 Å². The maximum absolute atomic E-state index is 4.27. The Bertz CT molecular complexity index is 2430. The van der Waals surface area contributed by atoms with Crippen LogP contribution in [0.4, 0.5) is 5.69 Å². The fraction of sp³-hybridized carbons (Fsp3) is 0.115. The largest absolute Gasteiger partial charge is 0.321 e. The molecule has 0 radical (unpaired) electrons. The molecule has 0 saturated carbocycles. The minimum Gasteiger partial charge on any atom is -0.321 e. The summed E-state index contributed by atoms with van der Waals surface area (Å²) in [6.45, 7) is 8.88. The second-order valence-corrected chi connectivity index (χ2v) is 14.9. The molecule has 0 fully saturated rings. The molecule has 0 spiro atoms. The molecular weight excluding hydrogens is 639 g/mol. The van der Waals surface area contributed by atoms with Gasteiger partial charge in [-0.1, -0.05) is 178 Å². The van der Waals surface area contributed by atoms with Crippen molar-refractivity contribution >= 4 is 16.8 Å². The normalized spacial score (nSPS) is 16.4. The van der Waals surface area contributed by atoms with E-state index in [1.165, 1.54) is 72.5 Å². The molecular formula is C52H43N. The molecule has 0 atom stereocenters. The minimum atomic E-state index is -0.423. The maximum atomic E-state index is 4.27. The number of fused-ring (bicyclic) bond motifs is 4. The number of hydrogen-bond acceptors (Lipinski definition) is 1. The molecule has 6 aromatic carbocycles. The molecule has 6 aromatic rings. The Hall–Kier alpha value is -6.18. The van der Waals surface area contributed by atoms with E-state index in [1.54, 1.807) is 0 Å². The highest BCUT2D eigenvalue weighted by Gasteiger charge is 2.45. The Morgan fingerprint density at radius 2 is 1.09 bits per heavy atom. The van der Waals surface area contributed by atoms with Crippen LogP contribution in [0.15, 0.2) is 206 Å². The smallest absolute Gasteiger partial charge is 0.0713 e. The van der Waals surface area contributed by atoms with Crippen molar-refractivity contribution in [3.63, 3.8) is 0 Å². The van der Waals surface area contributed by atoms with Crippen molar-refractivity contribution in [2.45, 2.75) is 37.5 Å². The van der Waals surface area contributed by atoms with Crippen LogP contribution in [-0.4, -0.2) is 0 Å². The van der Waals surface area contributed by atoms with Gasteiger partial charge in [-0.25, -0.2) is 0 Å². The van der Waals surface area contributed by atoms with Gasteiger partial charge >= 0.3 is 0 Å². The first-order valence-corrected chi connectivity index (χ1v) is 18.8. The second kappa shape index (κ2) is 13.1. The number of anilines is 1. The van der Waals surface area contributed by atoms with Crippen LogP contribution >= 0.6 is 0 Å². The number of rotatable bonds is 8. The first kappa shape index (κ1) is 32.7. The average Bonchev–Trinajstić information content (AvgIpc) is 3.64. The molecule has 0 bridgehead atoms. The van der Waals surface area contributed by atoms with Gasteiger partial charge in [-0.3, -0.25) is 0 Å². The van der Waals surface area contributed by atoms with E-state index >= 15 is 0 Å². The number of benzene rings is 6. The lowest BCUT2D eigenvalue weighted by Crippen LogP contribution is -2.28. The van der Waals surface area contributed by atoms with Gasteiger partial charge in [-0.05, 0) is 104 Å². The SMILES string of the molecule is C=CC1=C(/C=C\N(C2=CC=C(c3ccccc3)CC2)c2ccc(C3(c4ccccc4)c4ccccc4-c4ccccc43)cc2)c2ccccc2C1(C)C. The first-order valence-electron chi connectivity index (χ1n) is 18.8. The second-order valence-electron chi connectivity index (χ2n) is 14.9. The van der Waals surface area contributed by atoms with Crippen molar-refractivity contribution in [1.29, 1.82) is 0 Å². The minimum absolute atomic E-state index is 0.110. The molecule has 53 heavy (non-hydrogen) atoms. The van der Waals surface area contributed by atoms with Crippen LogP contribution in [0.25, 0.3) is 22.3 Å². The lowest BCUT2D eigenvalue weighted by atomic mass is 9.68. The van der Waals surface area contributed by atoms with Gasteiger partial charge in [0.05, 0.1) is 5.41 Å². The first-order chi connectivity index (χ1) is 26.0. The predicted molar refractivity (Wildman–Crippen MR) is 224 cm³/mol. The van der Waals surface area contributed by atoms with Crippen molar-refractivity contribution < 1.29 is 0 Å². The quantitative estimate of drug-likeness (QED) is 0.154. The van der Waals surface area contributed by atoms with Crippen LogP contribution in [-0.2, 0) is 10.8 Å². The van der Waals surface area contributed by atoms with Gasteiger partial charge in [0.1, 0.15) is 0 Å². The molecule has 0 heterocycles. The van der Waals surface area contributed by atoms with Crippen LogP contribution in [0.1, 0.15) is 65.6 Å². The van der Waals surface area contributed by atoms with Crippen LogP contribution in [0.3, 0.4) is 0 Å². The van der Waals surface area contributed by atoms with Crippen molar-refractivity contribution in [3.8, 4) is 11.1 Å². The average molecular weight is 682 g/mol. The summed E-state index contributed by atoms with van der Waals surface area (Å²) in [5, 5.41) is 0. The third-order valence-electron chi connectivity index (χ3n) is 11.8. The van der Waals surface area contributed by atoms with Crippen molar-refractivity contribution in [1.82, 2.24) is 0 Å². The standard InChI is InChI=1S/C52H43N/c1-4-47-46(43-21-11-14-24-48(43)51(47,2)3)35-36-53(41-31-27-38(28-32-41)37-17-7-5-8-18-37)42-33-29-40(30-34-42)52(39-19-9-6-10-20-39)49-25-15-12-22-44(49)45-23-13-16-26-50(45)52/h4-27,29-31,33-36H,1,28,32H2,2-3H3/b36-35-. The van der Waals surface area contributed by atoms with E-state index in [-0.39, 0.29) is 5.41 Å². The third-order valence-corrected chi connectivity index (χ3v) is 11.8. The van der Waals surface area contributed by atoms with E-state index in [1.807, 2.05) is 6.08 Å². The third kappa shape index (κ3) is 5.22. The molecule has 0 aromatic heterocycles. The van der Waals surface area contributed by atoms with Crippen LogP contribution in [0, 0.1) is 0 Å². The summed E-state index contributed by atoms with van der Waals surface area (Å²) in [5.41, 5.74) is 17.5. The molecule has 1 nitrogen and oxygen atoms in total. The fourth-order valence-corrected chi connectivity index (χ4v) is 9.23. The van der Waals surface area contributed by atoms with Crippen molar-refractivity contribution in [3.05, 3.63) is 245 Å². The summed E-state index contributed by atoms with van der Waals surface area (Å²) < 4.78 is 0. The summed E-state index contributed by atoms with van der Waals surface area (Å²) in [5.74, 6) is 0. The summed E-state index contributed by atoms with van der Waals surface area (Å²) in [7, 11) is 0. The molecule has 256 valence electrons. The summed E-state index contributed by atoms with van der Waals surface area (Å²) >= 11 is 0. The number of hydrogen-bond donors (Lipinski definition) is 0. The van der Waals surface area contributed by atoms with Gasteiger partial charge in [0.25, 0.3) is 0 Å². The van der Waals surface area contributed by atoms with Gasteiger partial charge in [-0.15, -0.1) is 0 Å². The van der Waals surface area contributed by atoms with E-state index in [2.05, 4.69) is 207 Å². The Morgan fingerprint density at radius 1 is 0.547 bits per heavy atom. The summed E-state index contributed by atoms with van der Waals surface area (Å²) in [6, 6.07) is 57.9. The van der Waals surface area contributed by atoms with Gasteiger partial charge < -0.3 is 4.90 Å². The molecule has 0 aliphatic heterocycles. The van der Waals surface area contributed by atoms with E-state index in [0.717, 1.165) is 18.5 Å². The number of allylic oxidation sites excluding steroid dienone is 8. The monoisotopic (exact) mass is 681 g/mol. The molecule has 0 N–H and O–H groups in total. The fourth-order valence-electron chi connectivity index (χ4n) is 9.23. The molecule has 3 aliphatic rings. The van der Waals surface area contributed by atoms with Crippen LogP contribution in [0.5, 0.6) is 0 Å². The zero-order valence-corrected chi connectivity index (χ0v) is 30.5. The topological polar surface area (TPSA) is 3.24 Å². The Labute approximate surface area is 314 Å². The Kier molecular flexibility index (Phi) is 8.09. The summed E-state index contributed by atoms with van der Waals surface area (Å²) in [6.07, 6.45) is 13.2. The highest BCUT2D eigenvalue weighted by atomic mass is 15.1. The predicted octanol–water partition coefficient (Wildman–Crippen LogP) is 13.1. The molecule has 0 saturated heterocycles. The van der Waals surface area contributed by atoms with Crippen LogP contribution < -0.4 is 4.90 Å². The molecule has 0 amide bonds. The van der Waals surface area contributed by atoms with Gasteiger partial charge in [0.15, 0.2) is 0 Å². The van der Waals surface area contributed by atoms with E-state index in [0.29, 0.717) is 0 Å². The molecule has 0 unspecified atom stereocenters. The summed E-state index contributed by atoms with van der Waals surface area (Å²) in [4.78, 5) is 2.40. The van der Waals surface area contributed by atoms with Gasteiger partial charge in [0, 0.05) is 23.0 Å². The Balaban J connectivity index is 1.18. The zero-order chi connectivity index (χ0) is 36.0. The Morgan fingerprint density at radius 3 is 1.70 bits per heavy atom. The highest BCUT2D eigenvalue weighted by Crippen LogP contribution is 2.56. The molecule has 9 rings (SSSR count). The lowest BCUT2D eigenvalue weighted by molar-refractivity contribution is 0.654. The van der Waals surface area contributed by atoms with Crippen molar-refractivity contribution in [2.24, 2.45) is 0 Å². The molecule has 1 heteroatoms. The molecule has 3 aliphatic carbocycles. The highest BCUT2D eigenvalue weighted by molar-refractivity contribution is 5.89. The van der Waals surface area contributed by atoms with Crippen LogP contribution in [0.2, 0.25) is 0 Å². The van der Waals surface area contributed by atoms with Gasteiger partial charge in [0.2, 0.25) is 0 Å². The lowest BCUT2D eigenvalue weighted by Gasteiger charge is -2.34. The number of nitrogens with zero attached hydrogens (tertiary/aromatic N) is 1. The van der Waals surface area contributed by atoms with Crippen molar-refractivity contribution in [2.75, 3.05) is 4.90 Å². The zero-order valence-electron chi connectivity index (χ0n) is 30.5. The van der Waals surface area contributed by atoms with Gasteiger partial charge in [-0.2, -0.15) is 0 Å². The van der Waals surface area contributed by atoms with E-state index < -0.39 is 5.41 Å². The maximum Gasteiger partial charge on any atom is 0.0713 e. The van der Waals surface area contributed by atoms with E-state index in [4.69, 9.17) is 0 Å².